The molecule has 1 unspecified atom stereocenters. The van der Waals surface area contributed by atoms with E-state index in [1.807, 2.05) is 30.3 Å². The fourth-order valence-corrected chi connectivity index (χ4v) is 2.79. The van der Waals surface area contributed by atoms with Gasteiger partial charge in [-0.2, -0.15) is 0 Å². The van der Waals surface area contributed by atoms with Crippen molar-refractivity contribution in [1.29, 1.82) is 0 Å². The number of hydrogen-bond acceptors (Lipinski definition) is 3. The molecule has 0 saturated carbocycles. The summed E-state index contributed by atoms with van der Waals surface area (Å²) in [7, 11) is 0. The van der Waals surface area contributed by atoms with Crippen LogP contribution in [0.1, 0.15) is 31.2 Å². The van der Waals surface area contributed by atoms with Crippen molar-refractivity contribution in [3.63, 3.8) is 0 Å². The van der Waals surface area contributed by atoms with Gasteiger partial charge in [-0.05, 0) is 50.9 Å². The summed E-state index contributed by atoms with van der Waals surface area (Å²) in [6.07, 6.45) is 5.59. The second kappa shape index (κ2) is 8.80. The van der Waals surface area contributed by atoms with Crippen LogP contribution in [0.25, 0.3) is 0 Å². The third-order valence-electron chi connectivity index (χ3n) is 4.03. The Morgan fingerprint density at radius 3 is 2.62 bits per heavy atom. The molecule has 116 valence electrons. The molecular weight excluding hydrogens is 262 g/mol. The van der Waals surface area contributed by atoms with Crippen molar-refractivity contribution in [1.82, 2.24) is 10.2 Å². The molecule has 4 heteroatoms. The smallest absolute Gasteiger partial charge is 0.237 e. The highest BCUT2D eigenvalue weighted by atomic mass is 16.2. The third kappa shape index (κ3) is 5.86. The Morgan fingerprint density at radius 2 is 1.90 bits per heavy atom. The van der Waals surface area contributed by atoms with Gasteiger partial charge in [0.2, 0.25) is 5.91 Å². The monoisotopic (exact) mass is 289 g/mol. The predicted molar refractivity (Wildman–Crippen MR) is 86.0 cm³/mol. The SMILES string of the molecule is NC(Cc1ccccc1)C(=O)NCCCN1CCCCC1. The molecule has 0 bridgehead atoms. The third-order valence-corrected chi connectivity index (χ3v) is 4.03. The summed E-state index contributed by atoms with van der Waals surface area (Å²) < 4.78 is 0. The number of likely N-dealkylation sites (tertiary alicyclic amines) is 1. The molecule has 21 heavy (non-hydrogen) atoms. The van der Waals surface area contributed by atoms with Crippen molar-refractivity contribution in [3.05, 3.63) is 35.9 Å². The van der Waals surface area contributed by atoms with Crippen LogP contribution in [-0.2, 0) is 11.2 Å². The molecule has 0 aromatic heterocycles. The van der Waals surface area contributed by atoms with Crippen LogP contribution < -0.4 is 11.1 Å². The minimum atomic E-state index is -0.456. The molecular formula is C17H27N3O. The van der Waals surface area contributed by atoms with Gasteiger partial charge in [0.15, 0.2) is 0 Å². The molecule has 1 amide bonds. The lowest BCUT2D eigenvalue weighted by Gasteiger charge is -2.26. The van der Waals surface area contributed by atoms with E-state index in [1.165, 1.54) is 32.4 Å². The van der Waals surface area contributed by atoms with E-state index in [0.29, 0.717) is 6.42 Å². The van der Waals surface area contributed by atoms with Crippen LogP contribution in [0, 0.1) is 0 Å². The average molecular weight is 289 g/mol. The molecule has 1 saturated heterocycles. The number of nitrogens with one attached hydrogen (secondary N) is 1. The molecule has 1 aliphatic rings. The predicted octanol–water partition coefficient (Wildman–Crippen LogP) is 1.55. The Labute approximate surface area is 127 Å². The topological polar surface area (TPSA) is 58.4 Å². The normalized spacial score (nSPS) is 17.4. The number of piperidine rings is 1. The molecule has 3 N–H and O–H groups in total. The van der Waals surface area contributed by atoms with E-state index in [2.05, 4.69) is 10.2 Å². The molecule has 1 atom stereocenters. The summed E-state index contributed by atoms with van der Waals surface area (Å²) in [4.78, 5) is 14.4. The van der Waals surface area contributed by atoms with Crippen molar-refractivity contribution in [3.8, 4) is 0 Å². The largest absolute Gasteiger partial charge is 0.355 e. The van der Waals surface area contributed by atoms with Gasteiger partial charge in [-0.15, -0.1) is 0 Å². The molecule has 0 spiro atoms. The first-order chi connectivity index (χ1) is 10.3. The van der Waals surface area contributed by atoms with E-state index in [1.54, 1.807) is 0 Å². The summed E-state index contributed by atoms with van der Waals surface area (Å²) in [5.41, 5.74) is 7.06. The number of amides is 1. The zero-order chi connectivity index (χ0) is 14.9. The van der Waals surface area contributed by atoms with Crippen LogP contribution in [0.15, 0.2) is 30.3 Å². The second-order valence-electron chi connectivity index (χ2n) is 5.84. The Bertz CT molecular complexity index is 415. The van der Waals surface area contributed by atoms with Gasteiger partial charge in [0, 0.05) is 6.54 Å². The molecule has 0 radical (unpaired) electrons. The van der Waals surface area contributed by atoms with Crippen LogP contribution >= 0.6 is 0 Å². The van der Waals surface area contributed by atoms with Crippen molar-refractivity contribution >= 4 is 5.91 Å². The van der Waals surface area contributed by atoms with Gasteiger partial charge in [0.25, 0.3) is 0 Å². The Morgan fingerprint density at radius 1 is 1.19 bits per heavy atom. The van der Waals surface area contributed by atoms with Crippen molar-refractivity contribution in [2.45, 2.75) is 38.1 Å². The maximum absolute atomic E-state index is 11.9. The first-order valence-electron chi connectivity index (χ1n) is 8.05. The van der Waals surface area contributed by atoms with Gasteiger partial charge in [-0.25, -0.2) is 0 Å². The zero-order valence-electron chi connectivity index (χ0n) is 12.8. The number of rotatable bonds is 7. The quantitative estimate of drug-likeness (QED) is 0.749. The molecule has 1 heterocycles. The summed E-state index contributed by atoms with van der Waals surface area (Å²) in [6, 6.07) is 9.46. The van der Waals surface area contributed by atoms with Gasteiger partial charge >= 0.3 is 0 Å². The van der Waals surface area contributed by atoms with E-state index in [4.69, 9.17) is 5.73 Å². The van der Waals surface area contributed by atoms with Crippen molar-refractivity contribution < 1.29 is 4.79 Å². The van der Waals surface area contributed by atoms with Gasteiger partial charge in [-0.1, -0.05) is 36.8 Å². The molecule has 1 aliphatic heterocycles. The lowest BCUT2D eigenvalue weighted by atomic mass is 10.1. The van der Waals surface area contributed by atoms with E-state index < -0.39 is 6.04 Å². The summed E-state index contributed by atoms with van der Waals surface area (Å²) >= 11 is 0. The van der Waals surface area contributed by atoms with Gasteiger partial charge in [0.05, 0.1) is 6.04 Å². The van der Waals surface area contributed by atoms with Crippen molar-refractivity contribution in [2.75, 3.05) is 26.2 Å². The summed E-state index contributed by atoms with van der Waals surface area (Å²) in [5, 5.41) is 2.95. The highest BCUT2D eigenvalue weighted by Crippen LogP contribution is 2.08. The first kappa shape index (κ1) is 16.0. The Hall–Kier alpha value is -1.39. The number of nitrogens with two attached hydrogens (primary N) is 1. The number of hydrogen-bond donors (Lipinski definition) is 2. The molecule has 1 fully saturated rings. The van der Waals surface area contributed by atoms with E-state index in [0.717, 1.165) is 25.1 Å². The highest BCUT2D eigenvalue weighted by molar-refractivity contribution is 5.81. The van der Waals surface area contributed by atoms with Crippen LogP contribution in [0.3, 0.4) is 0 Å². The van der Waals surface area contributed by atoms with Gasteiger partial charge in [0.1, 0.15) is 0 Å². The molecule has 0 aliphatic carbocycles. The Kier molecular flexibility index (Phi) is 6.70. The Balaban J connectivity index is 1.60. The lowest BCUT2D eigenvalue weighted by molar-refractivity contribution is -0.122. The van der Waals surface area contributed by atoms with Crippen LogP contribution in [0.2, 0.25) is 0 Å². The van der Waals surface area contributed by atoms with E-state index in [-0.39, 0.29) is 5.91 Å². The minimum absolute atomic E-state index is 0.0440. The maximum Gasteiger partial charge on any atom is 0.237 e. The van der Waals surface area contributed by atoms with Gasteiger partial charge < -0.3 is 16.0 Å². The van der Waals surface area contributed by atoms with Crippen molar-refractivity contribution in [2.24, 2.45) is 5.73 Å². The molecule has 2 rings (SSSR count). The fraction of sp³-hybridized carbons (Fsp3) is 0.588. The van der Waals surface area contributed by atoms with Crippen LogP contribution in [-0.4, -0.2) is 43.0 Å². The van der Waals surface area contributed by atoms with Crippen LogP contribution in [0.4, 0.5) is 0 Å². The van der Waals surface area contributed by atoms with Crippen LogP contribution in [0.5, 0.6) is 0 Å². The lowest BCUT2D eigenvalue weighted by Crippen LogP contribution is -2.43. The fourth-order valence-electron chi connectivity index (χ4n) is 2.79. The molecule has 1 aromatic carbocycles. The molecule has 1 aromatic rings. The number of carbonyl (C=O) groups is 1. The highest BCUT2D eigenvalue weighted by Gasteiger charge is 2.14. The summed E-state index contributed by atoms with van der Waals surface area (Å²) in [6.45, 7) is 4.22. The van der Waals surface area contributed by atoms with E-state index >= 15 is 0 Å². The minimum Gasteiger partial charge on any atom is -0.355 e. The number of carbonyl (C=O) groups excluding carboxylic acids is 1. The first-order valence-corrected chi connectivity index (χ1v) is 8.05. The number of benzene rings is 1. The maximum atomic E-state index is 11.9. The zero-order valence-corrected chi connectivity index (χ0v) is 12.8. The van der Waals surface area contributed by atoms with Gasteiger partial charge in [-0.3, -0.25) is 4.79 Å². The standard InChI is InChI=1S/C17H27N3O/c18-16(14-15-8-3-1-4-9-15)17(21)19-10-7-13-20-11-5-2-6-12-20/h1,3-4,8-9,16H,2,5-7,10-14,18H2,(H,19,21). The van der Waals surface area contributed by atoms with E-state index in [9.17, 15) is 4.79 Å². The summed E-state index contributed by atoms with van der Waals surface area (Å²) in [5.74, 6) is -0.0440. The average Bonchev–Trinajstić information content (AvgIpc) is 2.53. The second-order valence-corrected chi connectivity index (χ2v) is 5.84. The molecule has 4 nitrogen and oxygen atoms in total. The number of nitrogens with zero attached hydrogens (tertiary/aromatic N) is 1.